The predicted octanol–water partition coefficient (Wildman–Crippen LogP) is 1.95. The number of benzene rings is 1. The predicted molar refractivity (Wildman–Crippen MR) is 81.0 cm³/mol. The topological polar surface area (TPSA) is 92.3 Å². The second-order valence-electron chi connectivity index (χ2n) is 5.57. The average molecular weight is 310 g/mol. The molecule has 4 rings (SSSR count). The fraction of sp³-hybridized carbons (Fsp3) is 0.250. The molecule has 3 heterocycles. The minimum atomic E-state index is -0.278. The molecule has 1 atom stereocenters. The van der Waals surface area contributed by atoms with Gasteiger partial charge in [-0.3, -0.25) is 4.79 Å². The first-order valence-electron chi connectivity index (χ1n) is 7.36. The molecule has 1 N–H and O–H groups in total. The van der Waals surface area contributed by atoms with Crippen LogP contribution in [-0.4, -0.2) is 44.1 Å². The smallest absolute Gasteiger partial charge is 0.276 e. The van der Waals surface area contributed by atoms with Crippen molar-refractivity contribution in [2.24, 2.45) is 0 Å². The van der Waals surface area contributed by atoms with E-state index in [9.17, 15) is 9.90 Å². The Morgan fingerprint density at radius 3 is 3.00 bits per heavy atom. The summed E-state index contributed by atoms with van der Waals surface area (Å²) < 4.78 is 4.76. The maximum absolute atomic E-state index is 12.7. The van der Waals surface area contributed by atoms with Crippen LogP contribution in [0.1, 0.15) is 28.7 Å². The first kappa shape index (κ1) is 13.7. The van der Waals surface area contributed by atoms with Gasteiger partial charge in [-0.25, -0.2) is 4.98 Å². The molecule has 1 unspecified atom stereocenters. The summed E-state index contributed by atoms with van der Waals surface area (Å²) in [5, 5.41) is 15.6. The minimum Gasteiger partial charge on any atom is -0.505 e. The van der Waals surface area contributed by atoms with Crippen molar-refractivity contribution in [1.82, 2.24) is 20.0 Å². The van der Waals surface area contributed by atoms with Gasteiger partial charge >= 0.3 is 0 Å². The van der Waals surface area contributed by atoms with Crippen molar-refractivity contribution in [2.75, 3.05) is 13.1 Å². The Bertz CT molecular complexity index is 863. The monoisotopic (exact) mass is 310 g/mol. The number of aromatic nitrogens is 3. The van der Waals surface area contributed by atoms with Gasteiger partial charge in [0, 0.05) is 36.0 Å². The lowest BCUT2D eigenvalue weighted by molar-refractivity contribution is 0.0781. The van der Waals surface area contributed by atoms with E-state index in [1.807, 2.05) is 18.2 Å². The van der Waals surface area contributed by atoms with E-state index >= 15 is 0 Å². The van der Waals surface area contributed by atoms with Gasteiger partial charge in [0.25, 0.3) is 5.91 Å². The van der Waals surface area contributed by atoms with E-state index in [1.165, 1.54) is 6.39 Å². The van der Waals surface area contributed by atoms with Crippen LogP contribution in [0.3, 0.4) is 0 Å². The highest BCUT2D eigenvalue weighted by Crippen LogP contribution is 2.30. The first-order valence-corrected chi connectivity index (χ1v) is 7.36. The summed E-state index contributed by atoms with van der Waals surface area (Å²) >= 11 is 0. The van der Waals surface area contributed by atoms with Gasteiger partial charge < -0.3 is 14.5 Å². The largest absolute Gasteiger partial charge is 0.505 e. The highest BCUT2D eigenvalue weighted by atomic mass is 16.5. The third-order valence-corrected chi connectivity index (χ3v) is 4.19. The molecule has 2 aromatic heterocycles. The van der Waals surface area contributed by atoms with E-state index in [2.05, 4.69) is 15.1 Å². The van der Waals surface area contributed by atoms with E-state index in [4.69, 9.17) is 4.52 Å². The van der Waals surface area contributed by atoms with Gasteiger partial charge in [0.15, 0.2) is 17.3 Å². The molecule has 1 fully saturated rings. The number of pyridine rings is 1. The van der Waals surface area contributed by atoms with Gasteiger partial charge in [-0.15, -0.1) is 0 Å². The highest BCUT2D eigenvalue weighted by molar-refractivity contribution is 6.01. The van der Waals surface area contributed by atoms with Gasteiger partial charge in [-0.1, -0.05) is 29.4 Å². The summed E-state index contributed by atoms with van der Waals surface area (Å²) in [5.74, 6) is 0.312. The molecule has 0 aliphatic carbocycles. The van der Waals surface area contributed by atoms with Crippen molar-refractivity contribution in [3.63, 3.8) is 0 Å². The normalized spacial score (nSPS) is 17.7. The Morgan fingerprint density at radius 1 is 1.30 bits per heavy atom. The summed E-state index contributed by atoms with van der Waals surface area (Å²) in [5.41, 5.74) is 0.0810. The Morgan fingerprint density at radius 2 is 2.17 bits per heavy atom. The molecule has 116 valence electrons. The van der Waals surface area contributed by atoms with E-state index < -0.39 is 0 Å². The van der Waals surface area contributed by atoms with Crippen molar-refractivity contribution in [2.45, 2.75) is 12.3 Å². The van der Waals surface area contributed by atoms with Crippen molar-refractivity contribution >= 4 is 16.7 Å². The average Bonchev–Trinajstić information content (AvgIpc) is 3.26. The van der Waals surface area contributed by atoms with Crippen LogP contribution in [0, 0.1) is 0 Å². The van der Waals surface area contributed by atoms with Crippen LogP contribution in [0.4, 0.5) is 0 Å². The molecule has 1 amide bonds. The lowest BCUT2D eigenvalue weighted by Gasteiger charge is -2.16. The van der Waals surface area contributed by atoms with Crippen LogP contribution < -0.4 is 0 Å². The summed E-state index contributed by atoms with van der Waals surface area (Å²) in [6, 6.07) is 7.30. The molecular formula is C16H14N4O3. The third kappa shape index (κ3) is 2.30. The SMILES string of the molecule is O=C(c1ncc2ccccc2c1O)N1CCC(c2ncon2)C1. The Kier molecular flexibility index (Phi) is 3.18. The van der Waals surface area contributed by atoms with Crippen LogP contribution >= 0.6 is 0 Å². The number of carbonyl (C=O) groups excluding carboxylic acids is 1. The number of fused-ring (bicyclic) bond motifs is 1. The second-order valence-corrected chi connectivity index (χ2v) is 5.57. The molecule has 1 saturated heterocycles. The number of hydrogen-bond donors (Lipinski definition) is 1. The standard InChI is InChI=1S/C16H14N4O3/c21-14-12-4-2-1-3-10(12)7-17-13(14)16(22)20-6-5-11(8-20)15-18-9-23-19-15/h1-4,7,9,11,21H,5-6,8H2. The first-order chi connectivity index (χ1) is 11.2. The minimum absolute atomic E-state index is 0.0558. The fourth-order valence-electron chi connectivity index (χ4n) is 2.97. The third-order valence-electron chi connectivity index (χ3n) is 4.19. The number of aromatic hydroxyl groups is 1. The van der Waals surface area contributed by atoms with Gasteiger partial charge in [-0.2, -0.15) is 4.98 Å². The Labute approximate surface area is 131 Å². The molecular weight excluding hydrogens is 296 g/mol. The maximum atomic E-state index is 12.7. The number of likely N-dealkylation sites (tertiary alicyclic amines) is 1. The van der Waals surface area contributed by atoms with E-state index in [0.29, 0.717) is 24.3 Å². The van der Waals surface area contributed by atoms with Crippen LogP contribution in [-0.2, 0) is 0 Å². The second kappa shape index (κ2) is 5.35. The number of rotatable bonds is 2. The van der Waals surface area contributed by atoms with Crippen molar-refractivity contribution < 1.29 is 14.4 Å². The van der Waals surface area contributed by atoms with Gasteiger partial charge in [0.1, 0.15) is 0 Å². The molecule has 1 aromatic carbocycles. The van der Waals surface area contributed by atoms with Gasteiger partial charge in [0.05, 0.1) is 0 Å². The zero-order valence-electron chi connectivity index (χ0n) is 12.2. The number of nitrogens with zero attached hydrogens (tertiary/aromatic N) is 4. The lowest BCUT2D eigenvalue weighted by atomic mass is 10.1. The molecule has 0 bridgehead atoms. The molecule has 1 aliphatic heterocycles. The van der Waals surface area contributed by atoms with Crippen molar-refractivity contribution in [3.05, 3.63) is 48.4 Å². The van der Waals surface area contributed by atoms with E-state index in [1.54, 1.807) is 17.2 Å². The zero-order chi connectivity index (χ0) is 15.8. The Balaban J connectivity index is 1.61. The molecule has 3 aromatic rings. The summed E-state index contributed by atoms with van der Waals surface area (Å²) in [6.07, 6.45) is 3.66. The fourth-order valence-corrected chi connectivity index (χ4v) is 2.97. The van der Waals surface area contributed by atoms with Crippen LogP contribution in [0.5, 0.6) is 5.75 Å². The quantitative estimate of drug-likeness (QED) is 0.777. The van der Waals surface area contributed by atoms with Gasteiger partial charge in [-0.05, 0) is 6.42 Å². The molecule has 7 heteroatoms. The number of amides is 1. The van der Waals surface area contributed by atoms with E-state index in [-0.39, 0.29) is 23.3 Å². The highest BCUT2D eigenvalue weighted by Gasteiger charge is 2.32. The van der Waals surface area contributed by atoms with Crippen molar-refractivity contribution in [1.29, 1.82) is 0 Å². The molecule has 0 radical (unpaired) electrons. The van der Waals surface area contributed by atoms with Gasteiger partial charge in [0.2, 0.25) is 6.39 Å². The summed E-state index contributed by atoms with van der Waals surface area (Å²) in [6.45, 7) is 1.07. The number of carbonyl (C=O) groups is 1. The molecule has 1 aliphatic rings. The lowest BCUT2D eigenvalue weighted by Crippen LogP contribution is -2.29. The molecule has 23 heavy (non-hydrogen) atoms. The van der Waals surface area contributed by atoms with Crippen molar-refractivity contribution in [3.8, 4) is 5.75 Å². The molecule has 7 nitrogen and oxygen atoms in total. The van der Waals surface area contributed by atoms with E-state index in [0.717, 1.165) is 11.8 Å². The number of hydrogen-bond acceptors (Lipinski definition) is 6. The van der Waals surface area contributed by atoms with Crippen LogP contribution in [0.15, 0.2) is 41.4 Å². The summed E-state index contributed by atoms with van der Waals surface area (Å²) in [7, 11) is 0. The van der Waals surface area contributed by atoms with Crippen LogP contribution in [0.25, 0.3) is 10.8 Å². The van der Waals surface area contributed by atoms with Crippen LogP contribution in [0.2, 0.25) is 0 Å². The molecule has 0 saturated carbocycles. The Hall–Kier alpha value is -2.96. The zero-order valence-corrected chi connectivity index (χ0v) is 12.2. The summed E-state index contributed by atoms with van der Waals surface area (Å²) in [4.78, 5) is 22.5. The maximum Gasteiger partial charge on any atom is 0.276 e. The molecule has 0 spiro atoms.